The molecule has 0 unspecified atom stereocenters. The molecule has 0 saturated carbocycles. The van der Waals surface area contributed by atoms with Gasteiger partial charge >= 0.3 is 0 Å². The molecule has 0 saturated heterocycles. The summed E-state index contributed by atoms with van der Waals surface area (Å²) < 4.78 is 11.2. The van der Waals surface area contributed by atoms with Crippen LogP contribution in [0.25, 0.3) is 5.57 Å². The summed E-state index contributed by atoms with van der Waals surface area (Å²) in [5.74, 6) is 1.49. The number of allylic oxidation sites excluding steroid dienone is 2. The van der Waals surface area contributed by atoms with Gasteiger partial charge in [-0.1, -0.05) is 5.57 Å². The summed E-state index contributed by atoms with van der Waals surface area (Å²) >= 11 is 0. The first-order chi connectivity index (χ1) is 8.22. The minimum atomic E-state index is 0.660. The predicted molar refractivity (Wildman–Crippen MR) is 65.9 cm³/mol. The van der Waals surface area contributed by atoms with Crippen molar-refractivity contribution in [2.45, 2.75) is 20.3 Å². The largest absolute Gasteiger partial charge is 0.490 e. The number of hydrogen-bond acceptors (Lipinski definition) is 3. The minimum Gasteiger partial charge on any atom is -0.490 e. The van der Waals surface area contributed by atoms with Gasteiger partial charge in [0, 0.05) is 6.42 Å². The van der Waals surface area contributed by atoms with Crippen molar-refractivity contribution < 1.29 is 9.47 Å². The van der Waals surface area contributed by atoms with Crippen LogP contribution in [-0.2, 0) is 0 Å². The van der Waals surface area contributed by atoms with E-state index in [1.54, 1.807) is 0 Å². The fourth-order valence-corrected chi connectivity index (χ4v) is 1.78. The molecule has 1 heterocycles. The summed E-state index contributed by atoms with van der Waals surface area (Å²) in [4.78, 5) is 0. The Hall–Kier alpha value is -1.95. The van der Waals surface area contributed by atoms with Gasteiger partial charge in [0.25, 0.3) is 0 Å². The molecule has 3 heteroatoms. The smallest absolute Gasteiger partial charge is 0.161 e. The fourth-order valence-electron chi connectivity index (χ4n) is 1.78. The number of rotatable bonds is 1. The zero-order chi connectivity index (χ0) is 12.3. The third kappa shape index (κ3) is 2.42. The molecule has 0 radical (unpaired) electrons. The van der Waals surface area contributed by atoms with E-state index in [0.29, 0.717) is 18.8 Å². The maximum Gasteiger partial charge on any atom is 0.161 e. The number of nitriles is 1. The third-order valence-corrected chi connectivity index (χ3v) is 2.65. The molecule has 0 spiro atoms. The van der Waals surface area contributed by atoms with Gasteiger partial charge in [-0.25, -0.2) is 0 Å². The molecule has 1 aromatic rings. The molecular formula is C14H15NO2. The topological polar surface area (TPSA) is 42.2 Å². The molecule has 0 amide bonds. The Bertz CT molecular complexity index is 493. The summed E-state index contributed by atoms with van der Waals surface area (Å²) in [6.07, 6.45) is 0.887. The Balaban J connectivity index is 2.43. The second-order valence-electron chi connectivity index (χ2n) is 4.20. The highest BCUT2D eigenvalue weighted by atomic mass is 16.5. The van der Waals surface area contributed by atoms with Crippen LogP contribution in [-0.4, -0.2) is 13.2 Å². The lowest BCUT2D eigenvalue weighted by Crippen LogP contribution is -1.97. The van der Waals surface area contributed by atoms with Gasteiger partial charge in [0.15, 0.2) is 11.5 Å². The van der Waals surface area contributed by atoms with Crippen LogP contribution in [0.2, 0.25) is 0 Å². The molecule has 0 N–H and O–H groups in total. The van der Waals surface area contributed by atoms with E-state index in [0.717, 1.165) is 29.1 Å². The summed E-state index contributed by atoms with van der Waals surface area (Å²) in [6, 6.07) is 7.88. The number of nitrogens with zero attached hydrogens (tertiary/aromatic N) is 1. The van der Waals surface area contributed by atoms with Crippen molar-refractivity contribution in [1.29, 1.82) is 5.26 Å². The highest BCUT2D eigenvalue weighted by Crippen LogP contribution is 2.33. The molecule has 17 heavy (non-hydrogen) atoms. The molecule has 2 rings (SSSR count). The summed E-state index contributed by atoms with van der Waals surface area (Å²) in [7, 11) is 0. The van der Waals surface area contributed by atoms with Crippen molar-refractivity contribution in [1.82, 2.24) is 0 Å². The Morgan fingerprint density at radius 3 is 2.53 bits per heavy atom. The van der Waals surface area contributed by atoms with Gasteiger partial charge in [0.1, 0.15) is 0 Å². The van der Waals surface area contributed by atoms with E-state index < -0.39 is 0 Å². The number of hydrogen-bond donors (Lipinski definition) is 0. The van der Waals surface area contributed by atoms with Gasteiger partial charge < -0.3 is 9.47 Å². The van der Waals surface area contributed by atoms with Crippen LogP contribution in [0.15, 0.2) is 23.8 Å². The van der Waals surface area contributed by atoms with E-state index in [4.69, 9.17) is 14.7 Å². The molecule has 0 atom stereocenters. The minimum absolute atomic E-state index is 0.660. The molecule has 1 aliphatic rings. The Morgan fingerprint density at radius 2 is 1.88 bits per heavy atom. The van der Waals surface area contributed by atoms with Gasteiger partial charge in [-0.3, -0.25) is 0 Å². The lowest BCUT2D eigenvalue weighted by atomic mass is 10.0. The van der Waals surface area contributed by atoms with Crippen LogP contribution < -0.4 is 9.47 Å². The molecule has 1 aromatic carbocycles. The van der Waals surface area contributed by atoms with E-state index >= 15 is 0 Å². The van der Waals surface area contributed by atoms with Gasteiger partial charge in [0.05, 0.1) is 24.9 Å². The molecule has 0 aliphatic carbocycles. The van der Waals surface area contributed by atoms with Crippen molar-refractivity contribution in [2.24, 2.45) is 0 Å². The van der Waals surface area contributed by atoms with E-state index in [-0.39, 0.29) is 0 Å². The summed E-state index contributed by atoms with van der Waals surface area (Å²) in [5.41, 5.74) is 2.58. The van der Waals surface area contributed by atoms with Crippen LogP contribution in [0.5, 0.6) is 11.5 Å². The second kappa shape index (κ2) is 4.92. The third-order valence-electron chi connectivity index (χ3n) is 2.65. The van der Waals surface area contributed by atoms with Crippen LogP contribution in [0.4, 0.5) is 0 Å². The number of ether oxygens (including phenoxy) is 2. The number of benzene rings is 1. The zero-order valence-corrected chi connectivity index (χ0v) is 10.1. The molecule has 0 fully saturated rings. The van der Waals surface area contributed by atoms with Gasteiger partial charge in [0.2, 0.25) is 0 Å². The highest BCUT2D eigenvalue weighted by Gasteiger charge is 2.12. The van der Waals surface area contributed by atoms with Crippen LogP contribution in [0, 0.1) is 11.3 Å². The Morgan fingerprint density at radius 1 is 1.18 bits per heavy atom. The van der Waals surface area contributed by atoms with Gasteiger partial charge in [-0.2, -0.15) is 5.26 Å². The molecule has 1 aliphatic heterocycles. The van der Waals surface area contributed by atoms with E-state index in [2.05, 4.69) is 6.07 Å². The standard InChI is InChI=1S/C14H15NO2/c1-10(2)12(9-15)11-4-5-13-14(8-11)17-7-3-6-16-13/h4-5,8H,3,6-7H2,1-2H3. The highest BCUT2D eigenvalue weighted by molar-refractivity contribution is 5.79. The SMILES string of the molecule is CC(C)=C(C#N)c1ccc2c(c1)OCCCO2. The van der Waals surface area contributed by atoms with Crippen molar-refractivity contribution in [2.75, 3.05) is 13.2 Å². The first kappa shape index (κ1) is 11.5. The van der Waals surface area contributed by atoms with E-state index in [9.17, 15) is 0 Å². The average molecular weight is 229 g/mol. The maximum absolute atomic E-state index is 9.13. The maximum atomic E-state index is 9.13. The normalized spacial score (nSPS) is 13.5. The molecule has 0 bridgehead atoms. The fraction of sp³-hybridized carbons (Fsp3) is 0.357. The zero-order valence-electron chi connectivity index (χ0n) is 10.1. The van der Waals surface area contributed by atoms with Crippen LogP contribution >= 0.6 is 0 Å². The quantitative estimate of drug-likeness (QED) is 0.694. The Labute approximate surface area is 101 Å². The van der Waals surface area contributed by atoms with Crippen LogP contribution in [0.1, 0.15) is 25.8 Å². The predicted octanol–water partition coefficient (Wildman–Crippen LogP) is 3.16. The van der Waals surface area contributed by atoms with Crippen molar-refractivity contribution in [3.63, 3.8) is 0 Å². The van der Waals surface area contributed by atoms with Crippen molar-refractivity contribution in [3.05, 3.63) is 29.3 Å². The molecule has 0 aromatic heterocycles. The van der Waals surface area contributed by atoms with Gasteiger partial charge in [-0.15, -0.1) is 0 Å². The van der Waals surface area contributed by atoms with E-state index in [1.165, 1.54) is 0 Å². The number of fused-ring (bicyclic) bond motifs is 1. The molecule has 3 nitrogen and oxygen atoms in total. The molecule has 88 valence electrons. The average Bonchev–Trinajstić information content (AvgIpc) is 2.54. The monoisotopic (exact) mass is 229 g/mol. The lowest BCUT2D eigenvalue weighted by molar-refractivity contribution is 0.297. The Kier molecular flexibility index (Phi) is 3.34. The van der Waals surface area contributed by atoms with Crippen LogP contribution in [0.3, 0.4) is 0 Å². The summed E-state index contributed by atoms with van der Waals surface area (Å²) in [6.45, 7) is 5.20. The first-order valence-corrected chi connectivity index (χ1v) is 5.70. The molecular weight excluding hydrogens is 214 g/mol. The first-order valence-electron chi connectivity index (χ1n) is 5.70. The summed E-state index contributed by atoms with van der Waals surface area (Å²) in [5, 5.41) is 9.13. The van der Waals surface area contributed by atoms with Crippen molar-refractivity contribution >= 4 is 5.57 Å². The second-order valence-corrected chi connectivity index (χ2v) is 4.20. The lowest BCUT2D eigenvalue weighted by Gasteiger charge is -2.09. The van der Waals surface area contributed by atoms with Crippen molar-refractivity contribution in [3.8, 4) is 17.6 Å². The van der Waals surface area contributed by atoms with E-state index in [1.807, 2.05) is 32.0 Å². The van der Waals surface area contributed by atoms with Gasteiger partial charge in [-0.05, 0) is 37.6 Å².